The third kappa shape index (κ3) is 2.24. The van der Waals surface area contributed by atoms with E-state index in [0.29, 0.717) is 11.3 Å². The standard InChI is InChI=1S/C10H10N2O2S/c1-7-2-3-8(14-7)6-12-5-4-9(13)11-10(12)15/h2-5H,6H2,1H3,(H,11,13,15). The van der Waals surface area contributed by atoms with Gasteiger partial charge in [-0.05, 0) is 31.3 Å². The molecule has 4 nitrogen and oxygen atoms in total. The van der Waals surface area contributed by atoms with E-state index in [2.05, 4.69) is 4.98 Å². The Kier molecular flexibility index (Phi) is 2.55. The van der Waals surface area contributed by atoms with Crippen molar-refractivity contribution in [3.63, 3.8) is 0 Å². The largest absolute Gasteiger partial charge is 0.464 e. The monoisotopic (exact) mass is 222 g/mol. The normalized spacial score (nSPS) is 10.5. The highest BCUT2D eigenvalue weighted by atomic mass is 32.1. The Balaban J connectivity index is 2.32. The zero-order chi connectivity index (χ0) is 10.8. The Hall–Kier alpha value is -1.62. The van der Waals surface area contributed by atoms with Gasteiger partial charge in [-0.25, -0.2) is 0 Å². The lowest BCUT2D eigenvalue weighted by Crippen LogP contribution is -2.11. The van der Waals surface area contributed by atoms with E-state index >= 15 is 0 Å². The Morgan fingerprint density at radius 2 is 2.27 bits per heavy atom. The van der Waals surface area contributed by atoms with E-state index in [1.807, 2.05) is 19.1 Å². The molecule has 5 heteroatoms. The van der Waals surface area contributed by atoms with Gasteiger partial charge in [-0.2, -0.15) is 0 Å². The average molecular weight is 222 g/mol. The lowest BCUT2D eigenvalue weighted by molar-refractivity contribution is 0.467. The molecule has 0 fully saturated rings. The van der Waals surface area contributed by atoms with Gasteiger partial charge in [-0.3, -0.25) is 9.78 Å². The lowest BCUT2D eigenvalue weighted by atomic mass is 10.4. The SMILES string of the molecule is Cc1ccc(Cn2ccc(=O)[nH]c2=S)o1. The molecule has 0 aliphatic carbocycles. The predicted octanol–water partition coefficient (Wildman–Crippen LogP) is 1.86. The number of furan rings is 1. The first-order valence-electron chi connectivity index (χ1n) is 4.50. The number of rotatable bonds is 2. The summed E-state index contributed by atoms with van der Waals surface area (Å²) in [5.41, 5.74) is -0.188. The molecule has 0 atom stereocenters. The fraction of sp³-hybridized carbons (Fsp3) is 0.200. The molecule has 0 saturated carbocycles. The molecule has 1 N–H and O–H groups in total. The average Bonchev–Trinajstić information content (AvgIpc) is 2.56. The Morgan fingerprint density at radius 1 is 1.47 bits per heavy atom. The van der Waals surface area contributed by atoms with E-state index in [9.17, 15) is 4.79 Å². The van der Waals surface area contributed by atoms with Gasteiger partial charge in [0.15, 0.2) is 4.77 Å². The zero-order valence-electron chi connectivity index (χ0n) is 8.19. The van der Waals surface area contributed by atoms with Crippen LogP contribution in [0.4, 0.5) is 0 Å². The van der Waals surface area contributed by atoms with Crippen molar-refractivity contribution in [1.82, 2.24) is 9.55 Å². The van der Waals surface area contributed by atoms with Crippen LogP contribution in [-0.4, -0.2) is 9.55 Å². The highest BCUT2D eigenvalue weighted by Gasteiger charge is 2.00. The van der Waals surface area contributed by atoms with Crippen molar-refractivity contribution in [2.45, 2.75) is 13.5 Å². The first kappa shape index (κ1) is 9.92. The maximum atomic E-state index is 10.9. The van der Waals surface area contributed by atoms with E-state index in [1.165, 1.54) is 6.07 Å². The van der Waals surface area contributed by atoms with Crippen LogP contribution in [0.3, 0.4) is 0 Å². The number of nitrogens with one attached hydrogen (secondary N) is 1. The fourth-order valence-electron chi connectivity index (χ4n) is 1.31. The maximum Gasteiger partial charge on any atom is 0.251 e. The molecule has 0 aliphatic heterocycles. The number of aromatic nitrogens is 2. The third-order valence-electron chi connectivity index (χ3n) is 2.02. The van der Waals surface area contributed by atoms with Crippen molar-refractivity contribution in [3.05, 3.63) is 51.0 Å². The molecule has 0 unspecified atom stereocenters. The van der Waals surface area contributed by atoms with Crippen molar-refractivity contribution in [3.8, 4) is 0 Å². The topological polar surface area (TPSA) is 50.9 Å². The van der Waals surface area contributed by atoms with Gasteiger partial charge in [0, 0.05) is 12.3 Å². The first-order valence-corrected chi connectivity index (χ1v) is 4.91. The molecule has 2 rings (SSSR count). The molecule has 2 aromatic heterocycles. The van der Waals surface area contributed by atoms with Crippen LogP contribution in [0, 0.1) is 11.7 Å². The number of aryl methyl sites for hydroxylation is 1. The summed E-state index contributed by atoms with van der Waals surface area (Å²) in [7, 11) is 0. The minimum atomic E-state index is -0.188. The molecule has 0 spiro atoms. The smallest absolute Gasteiger partial charge is 0.251 e. The van der Waals surface area contributed by atoms with Crippen molar-refractivity contribution in [1.29, 1.82) is 0 Å². The minimum Gasteiger partial charge on any atom is -0.464 e. The van der Waals surface area contributed by atoms with E-state index in [1.54, 1.807) is 10.8 Å². The van der Waals surface area contributed by atoms with Crippen molar-refractivity contribution < 1.29 is 4.42 Å². The van der Waals surface area contributed by atoms with Crippen LogP contribution in [0.15, 0.2) is 33.6 Å². The molecule has 15 heavy (non-hydrogen) atoms. The van der Waals surface area contributed by atoms with Gasteiger partial charge >= 0.3 is 0 Å². The summed E-state index contributed by atoms with van der Waals surface area (Å²) >= 11 is 5.01. The summed E-state index contributed by atoms with van der Waals surface area (Å²) in [6.07, 6.45) is 1.65. The number of nitrogens with zero attached hydrogens (tertiary/aromatic N) is 1. The zero-order valence-corrected chi connectivity index (χ0v) is 9.00. The second-order valence-corrected chi connectivity index (χ2v) is 3.64. The molecule has 78 valence electrons. The molecule has 0 radical (unpaired) electrons. The van der Waals surface area contributed by atoms with Crippen LogP contribution >= 0.6 is 12.2 Å². The van der Waals surface area contributed by atoms with Gasteiger partial charge in [0.05, 0.1) is 6.54 Å². The fourth-order valence-corrected chi connectivity index (χ4v) is 1.53. The number of hydrogen-bond donors (Lipinski definition) is 1. The number of hydrogen-bond acceptors (Lipinski definition) is 3. The van der Waals surface area contributed by atoms with E-state index in [0.717, 1.165) is 11.5 Å². The lowest BCUT2D eigenvalue weighted by Gasteiger charge is -2.02. The predicted molar refractivity (Wildman–Crippen MR) is 58.4 cm³/mol. The van der Waals surface area contributed by atoms with Crippen LogP contribution in [0.2, 0.25) is 0 Å². The van der Waals surface area contributed by atoms with Gasteiger partial charge < -0.3 is 8.98 Å². The molecular weight excluding hydrogens is 212 g/mol. The van der Waals surface area contributed by atoms with Crippen LogP contribution in [-0.2, 0) is 6.54 Å². The molecule has 0 saturated heterocycles. The van der Waals surface area contributed by atoms with Crippen LogP contribution in [0.25, 0.3) is 0 Å². The van der Waals surface area contributed by atoms with Crippen LogP contribution in [0.1, 0.15) is 11.5 Å². The number of H-pyrrole nitrogens is 1. The molecule has 0 aromatic carbocycles. The van der Waals surface area contributed by atoms with Crippen LogP contribution < -0.4 is 5.56 Å². The molecule has 2 heterocycles. The summed E-state index contributed by atoms with van der Waals surface area (Å²) in [5.74, 6) is 1.68. The second kappa shape index (κ2) is 3.86. The quantitative estimate of drug-likeness (QED) is 0.789. The summed E-state index contributed by atoms with van der Waals surface area (Å²) in [6.45, 7) is 2.42. The Bertz CT molecular complexity index is 579. The third-order valence-corrected chi connectivity index (χ3v) is 2.36. The molecule has 0 bridgehead atoms. The molecule has 0 aliphatic rings. The molecular formula is C10H10N2O2S. The van der Waals surface area contributed by atoms with Crippen molar-refractivity contribution in [2.75, 3.05) is 0 Å². The molecule has 2 aromatic rings. The van der Waals surface area contributed by atoms with E-state index < -0.39 is 0 Å². The van der Waals surface area contributed by atoms with Gasteiger partial charge in [0.25, 0.3) is 5.56 Å². The van der Waals surface area contributed by atoms with Crippen molar-refractivity contribution >= 4 is 12.2 Å². The van der Waals surface area contributed by atoms with Gasteiger partial charge in [0.2, 0.25) is 0 Å². The Morgan fingerprint density at radius 3 is 2.87 bits per heavy atom. The second-order valence-electron chi connectivity index (χ2n) is 3.25. The minimum absolute atomic E-state index is 0.188. The summed E-state index contributed by atoms with van der Waals surface area (Å²) in [4.78, 5) is 13.5. The highest BCUT2D eigenvalue weighted by Crippen LogP contribution is 2.07. The number of aromatic amines is 1. The van der Waals surface area contributed by atoms with Gasteiger partial charge in [-0.1, -0.05) is 0 Å². The first-order chi connectivity index (χ1) is 7.15. The maximum absolute atomic E-state index is 10.9. The van der Waals surface area contributed by atoms with E-state index in [4.69, 9.17) is 16.6 Å². The summed E-state index contributed by atoms with van der Waals surface area (Å²) < 4.78 is 7.56. The van der Waals surface area contributed by atoms with Gasteiger partial charge in [-0.15, -0.1) is 0 Å². The van der Waals surface area contributed by atoms with Crippen LogP contribution in [0.5, 0.6) is 0 Å². The molecule has 0 amide bonds. The van der Waals surface area contributed by atoms with E-state index in [-0.39, 0.29) is 5.56 Å². The summed E-state index contributed by atoms with van der Waals surface area (Å²) in [5, 5.41) is 0. The summed E-state index contributed by atoms with van der Waals surface area (Å²) in [6, 6.07) is 5.22. The highest BCUT2D eigenvalue weighted by molar-refractivity contribution is 7.71. The van der Waals surface area contributed by atoms with Crippen molar-refractivity contribution in [2.24, 2.45) is 0 Å². The van der Waals surface area contributed by atoms with Gasteiger partial charge in [0.1, 0.15) is 11.5 Å². The Labute approximate surface area is 91.2 Å².